The summed E-state index contributed by atoms with van der Waals surface area (Å²) in [7, 11) is 0. The van der Waals surface area contributed by atoms with Crippen molar-refractivity contribution >= 4 is 34.6 Å². The first-order chi connectivity index (χ1) is 16.5. The molecule has 1 saturated carbocycles. The third-order valence-corrected chi connectivity index (χ3v) is 5.74. The third-order valence-electron chi connectivity index (χ3n) is 5.74. The van der Waals surface area contributed by atoms with Crippen molar-refractivity contribution in [2.24, 2.45) is 5.73 Å². The highest BCUT2D eigenvalue weighted by Gasteiger charge is 2.21. The zero-order valence-electron chi connectivity index (χ0n) is 18.3. The highest BCUT2D eigenvalue weighted by atomic mass is 19.1. The number of imidazole rings is 1. The molecule has 0 atom stereocenters. The lowest BCUT2D eigenvalue weighted by Crippen LogP contribution is -2.33. The van der Waals surface area contributed by atoms with E-state index in [0.717, 1.165) is 31.7 Å². The van der Waals surface area contributed by atoms with Gasteiger partial charge in [0.1, 0.15) is 11.6 Å². The fourth-order valence-electron chi connectivity index (χ4n) is 4.01. The standard InChI is InChI=1S/C23H24FN9O/c24-19-11-16(8-10-26-19)30-23(34)18-13-28-22-17(31-20-3-1-2-9-27-20)12-21(32-33(18)22)29-15-6-4-14(25)5-7-15/h1-3,8-15H,4-7,25H2,(H,27,31)(H,29,32)(H,26,30,34). The largest absolute Gasteiger partial charge is 0.366 e. The van der Waals surface area contributed by atoms with Crippen LogP contribution in [0.5, 0.6) is 0 Å². The van der Waals surface area contributed by atoms with E-state index in [9.17, 15) is 9.18 Å². The molecule has 1 aliphatic rings. The zero-order chi connectivity index (χ0) is 23.5. The predicted molar refractivity (Wildman–Crippen MR) is 127 cm³/mol. The van der Waals surface area contributed by atoms with Gasteiger partial charge in [-0.3, -0.25) is 4.79 Å². The van der Waals surface area contributed by atoms with Crippen molar-refractivity contribution in [3.8, 4) is 0 Å². The first kappa shape index (κ1) is 21.7. The van der Waals surface area contributed by atoms with Crippen molar-refractivity contribution in [1.29, 1.82) is 0 Å². The molecule has 11 heteroatoms. The van der Waals surface area contributed by atoms with Crippen molar-refractivity contribution < 1.29 is 9.18 Å². The molecular formula is C23H24FN9O. The minimum Gasteiger partial charge on any atom is -0.366 e. The number of fused-ring (bicyclic) bond motifs is 1. The maximum atomic E-state index is 13.5. The van der Waals surface area contributed by atoms with Crippen molar-refractivity contribution in [2.75, 3.05) is 16.0 Å². The number of rotatable bonds is 6. The average molecular weight is 462 g/mol. The quantitative estimate of drug-likeness (QED) is 0.321. The molecule has 0 aliphatic heterocycles. The molecule has 0 unspecified atom stereocenters. The number of pyridine rings is 2. The summed E-state index contributed by atoms with van der Waals surface area (Å²) in [5.74, 6) is 0.0598. The Morgan fingerprint density at radius 3 is 2.65 bits per heavy atom. The Morgan fingerprint density at radius 1 is 1.03 bits per heavy atom. The van der Waals surface area contributed by atoms with Gasteiger partial charge in [0, 0.05) is 42.3 Å². The molecule has 0 aromatic carbocycles. The van der Waals surface area contributed by atoms with Gasteiger partial charge < -0.3 is 21.7 Å². The third kappa shape index (κ3) is 4.79. The van der Waals surface area contributed by atoms with Gasteiger partial charge in [0.15, 0.2) is 11.3 Å². The Balaban J connectivity index is 1.49. The minimum absolute atomic E-state index is 0.200. The first-order valence-electron chi connectivity index (χ1n) is 11.1. The highest BCUT2D eigenvalue weighted by molar-refractivity contribution is 6.03. The van der Waals surface area contributed by atoms with Gasteiger partial charge in [0.05, 0.1) is 11.9 Å². The second-order valence-electron chi connectivity index (χ2n) is 8.24. The number of nitrogens with zero attached hydrogens (tertiary/aromatic N) is 5. The molecule has 4 aromatic rings. The molecule has 4 heterocycles. The number of carbonyl (C=O) groups is 1. The first-order valence-corrected chi connectivity index (χ1v) is 11.1. The number of hydrogen-bond acceptors (Lipinski definition) is 8. The van der Waals surface area contributed by atoms with Crippen LogP contribution >= 0.6 is 0 Å². The van der Waals surface area contributed by atoms with Gasteiger partial charge in [-0.1, -0.05) is 6.07 Å². The Bertz CT molecular complexity index is 1300. The van der Waals surface area contributed by atoms with Gasteiger partial charge in [-0.15, -0.1) is 5.10 Å². The molecule has 34 heavy (non-hydrogen) atoms. The normalized spacial score (nSPS) is 17.9. The molecule has 0 spiro atoms. The Kier molecular flexibility index (Phi) is 6.00. The van der Waals surface area contributed by atoms with Crippen molar-refractivity contribution in [3.63, 3.8) is 0 Å². The van der Waals surface area contributed by atoms with E-state index in [1.54, 1.807) is 6.20 Å². The van der Waals surface area contributed by atoms with Gasteiger partial charge in [-0.2, -0.15) is 4.39 Å². The van der Waals surface area contributed by atoms with Gasteiger partial charge in [0.2, 0.25) is 5.95 Å². The summed E-state index contributed by atoms with van der Waals surface area (Å²) in [5, 5.41) is 14.0. The number of hydrogen-bond donors (Lipinski definition) is 4. The molecule has 0 radical (unpaired) electrons. The number of nitrogens with one attached hydrogen (secondary N) is 3. The summed E-state index contributed by atoms with van der Waals surface area (Å²) in [6.45, 7) is 0. The number of carbonyl (C=O) groups excluding carboxylic acids is 1. The molecule has 1 amide bonds. The summed E-state index contributed by atoms with van der Waals surface area (Å²) < 4.78 is 14.9. The topological polar surface area (TPSA) is 135 Å². The number of halogens is 1. The van der Waals surface area contributed by atoms with Crippen molar-refractivity contribution in [1.82, 2.24) is 24.6 Å². The predicted octanol–water partition coefficient (Wildman–Crippen LogP) is 3.34. The maximum Gasteiger partial charge on any atom is 0.276 e. The summed E-state index contributed by atoms with van der Waals surface area (Å²) >= 11 is 0. The van der Waals surface area contributed by atoms with E-state index in [4.69, 9.17) is 5.73 Å². The molecule has 5 N–H and O–H groups in total. The van der Waals surface area contributed by atoms with Crippen LogP contribution < -0.4 is 21.7 Å². The van der Waals surface area contributed by atoms with E-state index in [-0.39, 0.29) is 23.5 Å². The van der Waals surface area contributed by atoms with E-state index in [2.05, 4.69) is 36.0 Å². The van der Waals surface area contributed by atoms with Gasteiger partial charge >= 0.3 is 0 Å². The monoisotopic (exact) mass is 461 g/mol. The van der Waals surface area contributed by atoms with E-state index in [1.807, 2.05) is 24.3 Å². The van der Waals surface area contributed by atoms with Crippen molar-refractivity contribution in [3.05, 3.63) is 66.6 Å². The molecular weight excluding hydrogens is 437 g/mol. The lowest BCUT2D eigenvalue weighted by atomic mass is 9.92. The van der Waals surface area contributed by atoms with Gasteiger partial charge in [0.25, 0.3) is 5.91 Å². The summed E-state index contributed by atoms with van der Waals surface area (Å²) in [6.07, 6.45) is 8.17. The van der Waals surface area contributed by atoms with Crippen LogP contribution in [0.15, 0.2) is 55.0 Å². The SMILES string of the molecule is NC1CCC(Nc2cc(Nc3ccccn3)c3ncc(C(=O)Nc4ccnc(F)c4)n3n2)CC1. The summed E-state index contributed by atoms with van der Waals surface area (Å²) in [6, 6.07) is 10.5. The van der Waals surface area contributed by atoms with E-state index in [1.165, 1.54) is 23.0 Å². The summed E-state index contributed by atoms with van der Waals surface area (Å²) in [4.78, 5) is 25.2. The fourth-order valence-corrected chi connectivity index (χ4v) is 4.01. The van der Waals surface area contributed by atoms with Crippen LogP contribution in [0.2, 0.25) is 0 Å². The van der Waals surface area contributed by atoms with Crippen LogP contribution in [-0.2, 0) is 0 Å². The number of aromatic nitrogens is 5. The second kappa shape index (κ2) is 9.40. The van der Waals surface area contributed by atoms with Gasteiger partial charge in [-0.25, -0.2) is 19.5 Å². The van der Waals surface area contributed by atoms with E-state index < -0.39 is 11.9 Å². The molecule has 10 nitrogen and oxygen atoms in total. The number of nitrogens with two attached hydrogens (primary N) is 1. The van der Waals surface area contributed by atoms with Crippen LogP contribution in [-0.4, -0.2) is 42.6 Å². The molecule has 1 fully saturated rings. The van der Waals surface area contributed by atoms with Crippen LogP contribution in [0.1, 0.15) is 36.2 Å². The van der Waals surface area contributed by atoms with E-state index in [0.29, 0.717) is 23.0 Å². The maximum absolute atomic E-state index is 13.5. The molecule has 174 valence electrons. The molecule has 1 aliphatic carbocycles. The Morgan fingerprint density at radius 2 is 1.88 bits per heavy atom. The summed E-state index contributed by atoms with van der Waals surface area (Å²) in [5.41, 5.74) is 7.61. The number of anilines is 4. The van der Waals surface area contributed by atoms with Crippen LogP contribution in [0.3, 0.4) is 0 Å². The smallest absolute Gasteiger partial charge is 0.276 e. The van der Waals surface area contributed by atoms with Crippen LogP contribution in [0.4, 0.5) is 27.4 Å². The van der Waals surface area contributed by atoms with E-state index >= 15 is 0 Å². The Labute approximate surface area is 194 Å². The molecule has 0 bridgehead atoms. The average Bonchev–Trinajstić information content (AvgIpc) is 3.26. The second-order valence-corrected chi connectivity index (χ2v) is 8.24. The van der Waals surface area contributed by atoms with Crippen LogP contribution in [0, 0.1) is 5.95 Å². The minimum atomic E-state index is -0.686. The Hall–Kier alpha value is -4.12. The zero-order valence-corrected chi connectivity index (χ0v) is 18.3. The highest BCUT2D eigenvalue weighted by Crippen LogP contribution is 2.26. The number of amides is 1. The molecule has 4 aromatic heterocycles. The lowest BCUT2D eigenvalue weighted by Gasteiger charge is -2.27. The fraction of sp³-hybridized carbons (Fsp3) is 0.261. The molecule has 5 rings (SSSR count). The van der Waals surface area contributed by atoms with Gasteiger partial charge in [-0.05, 0) is 43.9 Å². The van der Waals surface area contributed by atoms with Crippen LogP contribution in [0.25, 0.3) is 5.65 Å². The van der Waals surface area contributed by atoms with Crippen molar-refractivity contribution in [2.45, 2.75) is 37.8 Å². The molecule has 0 saturated heterocycles. The lowest BCUT2D eigenvalue weighted by molar-refractivity contribution is 0.102.